The Morgan fingerprint density at radius 2 is 2.40 bits per heavy atom. The van der Waals surface area contributed by atoms with Gasteiger partial charge in [0, 0.05) is 19.6 Å². The fourth-order valence-electron chi connectivity index (χ4n) is 2.24. The van der Waals surface area contributed by atoms with Gasteiger partial charge in [-0.3, -0.25) is 4.79 Å². The van der Waals surface area contributed by atoms with E-state index in [0.717, 1.165) is 41.7 Å². The highest BCUT2D eigenvalue weighted by Gasteiger charge is 2.16. The van der Waals surface area contributed by atoms with Crippen LogP contribution in [0.15, 0.2) is 22.7 Å². The van der Waals surface area contributed by atoms with Gasteiger partial charge in [0.2, 0.25) is 5.91 Å². The maximum atomic E-state index is 11.8. The van der Waals surface area contributed by atoms with Gasteiger partial charge in [-0.2, -0.15) is 0 Å². The highest BCUT2D eigenvalue weighted by molar-refractivity contribution is 9.10. The molecule has 1 aliphatic rings. The van der Waals surface area contributed by atoms with Gasteiger partial charge in [-0.25, -0.2) is 0 Å². The van der Waals surface area contributed by atoms with Gasteiger partial charge in [-0.05, 0) is 52.9 Å². The van der Waals surface area contributed by atoms with Gasteiger partial charge in [0.1, 0.15) is 5.75 Å². The summed E-state index contributed by atoms with van der Waals surface area (Å²) in [5, 5.41) is 2.93. The predicted molar refractivity (Wildman–Crippen MR) is 81.0 cm³/mol. The van der Waals surface area contributed by atoms with E-state index in [9.17, 15) is 4.79 Å². The highest BCUT2D eigenvalue weighted by atomic mass is 79.9. The molecule has 1 aliphatic heterocycles. The first-order valence-corrected chi connectivity index (χ1v) is 7.69. The van der Waals surface area contributed by atoms with E-state index >= 15 is 0 Å². The number of benzene rings is 1. The molecule has 1 unspecified atom stereocenters. The number of carbonyl (C=O) groups is 1. The van der Waals surface area contributed by atoms with Crippen LogP contribution in [0.2, 0.25) is 0 Å². The van der Waals surface area contributed by atoms with Gasteiger partial charge >= 0.3 is 0 Å². The van der Waals surface area contributed by atoms with Crippen molar-refractivity contribution >= 4 is 21.8 Å². The minimum Gasteiger partial charge on any atom is -0.496 e. The quantitative estimate of drug-likeness (QED) is 0.865. The summed E-state index contributed by atoms with van der Waals surface area (Å²) in [4.78, 5) is 11.8. The molecule has 110 valence electrons. The largest absolute Gasteiger partial charge is 0.496 e. The summed E-state index contributed by atoms with van der Waals surface area (Å²) in [6.07, 6.45) is 3.56. The second kappa shape index (κ2) is 7.64. The number of ether oxygens (including phenoxy) is 2. The zero-order chi connectivity index (χ0) is 14.4. The van der Waals surface area contributed by atoms with E-state index in [1.165, 1.54) is 0 Å². The average Bonchev–Trinajstić information content (AvgIpc) is 2.96. The van der Waals surface area contributed by atoms with E-state index in [0.29, 0.717) is 13.0 Å². The number of halogens is 1. The Morgan fingerprint density at radius 1 is 1.55 bits per heavy atom. The van der Waals surface area contributed by atoms with Crippen LogP contribution in [0, 0.1) is 0 Å². The highest BCUT2D eigenvalue weighted by Crippen LogP contribution is 2.25. The first-order chi connectivity index (χ1) is 9.69. The van der Waals surface area contributed by atoms with Gasteiger partial charge in [0.15, 0.2) is 0 Å². The van der Waals surface area contributed by atoms with Crippen LogP contribution >= 0.6 is 15.9 Å². The van der Waals surface area contributed by atoms with Crippen LogP contribution in [0.3, 0.4) is 0 Å². The molecular formula is C15H20BrNO3. The van der Waals surface area contributed by atoms with Gasteiger partial charge in [-0.15, -0.1) is 0 Å². The molecule has 1 atom stereocenters. The van der Waals surface area contributed by atoms with Crippen molar-refractivity contribution < 1.29 is 14.3 Å². The number of nitrogens with one attached hydrogen (secondary N) is 1. The lowest BCUT2D eigenvalue weighted by molar-refractivity contribution is -0.121. The Bertz CT molecular complexity index is 458. The van der Waals surface area contributed by atoms with Gasteiger partial charge < -0.3 is 14.8 Å². The first kappa shape index (κ1) is 15.3. The Balaban J connectivity index is 1.73. The van der Waals surface area contributed by atoms with Gasteiger partial charge in [0.25, 0.3) is 0 Å². The van der Waals surface area contributed by atoms with Crippen molar-refractivity contribution in [1.82, 2.24) is 5.32 Å². The summed E-state index contributed by atoms with van der Waals surface area (Å²) in [7, 11) is 1.64. The van der Waals surface area contributed by atoms with Crippen molar-refractivity contribution in [2.45, 2.75) is 31.8 Å². The molecular weight excluding hydrogens is 322 g/mol. The third-order valence-corrected chi connectivity index (χ3v) is 4.03. The van der Waals surface area contributed by atoms with Crippen molar-refractivity contribution in [3.05, 3.63) is 28.2 Å². The fraction of sp³-hybridized carbons (Fsp3) is 0.533. The van der Waals surface area contributed by atoms with Crippen LogP contribution in [-0.4, -0.2) is 32.3 Å². The minimum atomic E-state index is 0.0763. The Hall–Kier alpha value is -1.07. The fourth-order valence-corrected chi connectivity index (χ4v) is 2.83. The third-order valence-electron chi connectivity index (χ3n) is 3.41. The molecule has 0 radical (unpaired) electrons. The third kappa shape index (κ3) is 4.49. The van der Waals surface area contributed by atoms with Crippen LogP contribution in [0.4, 0.5) is 0 Å². The Morgan fingerprint density at radius 3 is 3.05 bits per heavy atom. The van der Waals surface area contributed by atoms with E-state index in [1.54, 1.807) is 7.11 Å². The van der Waals surface area contributed by atoms with Crippen molar-refractivity contribution in [3.8, 4) is 5.75 Å². The second-order valence-corrected chi connectivity index (χ2v) is 5.76. The number of methoxy groups -OCH3 is 1. The molecule has 1 amide bonds. The number of aryl methyl sites for hydroxylation is 1. The molecule has 1 saturated heterocycles. The number of hydrogen-bond donors (Lipinski definition) is 1. The van der Waals surface area contributed by atoms with E-state index in [2.05, 4.69) is 21.2 Å². The summed E-state index contributed by atoms with van der Waals surface area (Å²) in [6, 6.07) is 5.88. The van der Waals surface area contributed by atoms with E-state index in [-0.39, 0.29) is 12.0 Å². The molecule has 0 aromatic heterocycles. The lowest BCUT2D eigenvalue weighted by Gasteiger charge is -2.11. The molecule has 0 bridgehead atoms. The number of amides is 1. The summed E-state index contributed by atoms with van der Waals surface area (Å²) in [6.45, 7) is 1.45. The molecule has 20 heavy (non-hydrogen) atoms. The molecule has 1 aromatic carbocycles. The van der Waals surface area contributed by atoms with E-state index < -0.39 is 0 Å². The van der Waals surface area contributed by atoms with E-state index in [1.807, 2.05) is 18.2 Å². The van der Waals surface area contributed by atoms with Crippen LogP contribution in [0.25, 0.3) is 0 Å². The molecule has 0 spiro atoms. The lowest BCUT2D eigenvalue weighted by Crippen LogP contribution is -2.31. The van der Waals surface area contributed by atoms with Crippen molar-refractivity contribution in [3.63, 3.8) is 0 Å². The zero-order valence-electron chi connectivity index (χ0n) is 11.7. The van der Waals surface area contributed by atoms with Crippen LogP contribution in [-0.2, 0) is 16.0 Å². The molecule has 5 heteroatoms. The normalized spacial score (nSPS) is 18.0. The average molecular weight is 342 g/mol. The SMILES string of the molecule is COc1ccc(CCC(=O)NCC2CCCO2)cc1Br. The summed E-state index contributed by atoms with van der Waals surface area (Å²) in [5.74, 6) is 0.879. The Kier molecular flexibility index (Phi) is 5.86. The monoisotopic (exact) mass is 341 g/mol. The topological polar surface area (TPSA) is 47.6 Å². The molecule has 1 fully saturated rings. The summed E-state index contributed by atoms with van der Waals surface area (Å²) >= 11 is 3.45. The smallest absolute Gasteiger partial charge is 0.220 e. The van der Waals surface area contributed by atoms with Crippen molar-refractivity contribution in [2.75, 3.05) is 20.3 Å². The molecule has 2 rings (SSSR count). The molecule has 4 nitrogen and oxygen atoms in total. The zero-order valence-corrected chi connectivity index (χ0v) is 13.2. The maximum Gasteiger partial charge on any atom is 0.220 e. The molecule has 1 N–H and O–H groups in total. The molecule has 1 heterocycles. The molecule has 0 saturated carbocycles. The predicted octanol–water partition coefficient (Wildman–Crippen LogP) is 2.69. The Labute approximate surface area is 128 Å². The van der Waals surface area contributed by atoms with Crippen molar-refractivity contribution in [2.24, 2.45) is 0 Å². The minimum absolute atomic E-state index is 0.0763. The van der Waals surface area contributed by atoms with Crippen LogP contribution in [0.5, 0.6) is 5.75 Å². The van der Waals surface area contributed by atoms with E-state index in [4.69, 9.17) is 9.47 Å². The van der Waals surface area contributed by atoms with Crippen LogP contribution in [0.1, 0.15) is 24.8 Å². The van der Waals surface area contributed by atoms with Gasteiger partial charge in [-0.1, -0.05) is 6.07 Å². The number of carbonyl (C=O) groups excluding carboxylic acids is 1. The summed E-state index contributed by atoms with van der Waals surface area (Å²) < 4.78 is 11.6. The maximum absolute atomic E-state index is 11.8. The van der Waals surface area contributed by atoms with Gasteiger partial charge in [0.05, 0.1) is 17.7 Å². The lowest BCUT2D eigenvalue weighted by atomic mass is 10.1. The number of hydrogen-bond acceptors (Lipinski definition) is 3. The second-order valence-electron chi connectivity index (χ2n) is 4.91. The molecule has 0 aliphatic carbocycles. The van der Waals surface area contributed by atoms with Crippen molar-refractivity contribution in [1.29, 1.82) is 0 Å². The van der Waals surface area contributed by atoms with Crippen LogP contribution < -0.4 is 10.1 Å². The number of rotatable bonds is 6. The first-order valence-electron chi connectivity index (χ1n) is 6.90. The molecule has 1 aromatic rings. The summed E-state index contributed by atoms with van der Waals surface area (Å²) in [5.41, 5.74) is 1.12. The standard InChI is InChI=1S/C15H20BrNO3/c1-19-14-6-4-11(9-13(14)16)5-7-15(18)17-10-12-3-2-8-20-12/h4,6,9,12H,2-3,5,7-8,10H2,1H3,(H,17,18).